The van der Waals surface area contributed by atoms with Crippen LogP contribution in [0.3, 0.4) is 0 Å². The second-order valence-electron chi connectivity index (χ2n) is 8.12. The molecular formula is C25H29N5O3. The third-order valence-electron chi connectivity index (χ3n) is 5.83. The Morgan fingerprint density at radius 1 is 1.12 bits per heavy atom. The Bertz CT molecular complexity index is 1170. The number of hydrogen-bond acceptors (Lipinski definition) is 7. The summed E-state index contributed by atoms with van der Waals surface area (Å²) in [4.78, 5) is 23.8. The molecule has 8 heteroatoms. The molecule has 4 rings (SSSR count). The molecular weight excluding hydrogens is 418 g/mol. The maximum absolute atomic E-state index is 11.7. The largest absolute Gasteiger partial charge is 0.493 e. The van der Waals surface area contributed by atoms with Gasteiger partial charge in [0.15, 0.2) is 17.3 Å². The van der Waals surface area contributed by atoms with Crippen LogP contribution in [0.1, 0.15) is 12.8 Å². The number of hydrogen-bond donors (Lipinski definition) is 2. The Morgan fingerprint density at radius 3 is 2.55 bits per heavy atom. The van der Waals surface area contributed by atoms with Crippen LogP contribution in [0.2, 0.25) is 0 Å². The van der Waals surface area contributed by atoms with Crippen LogP contribution in [0.4, 0.5) is 11.5 Å². The fourth-order valence-corrected chi connectivity index (χ4v) is 3.97. The van der Waals surface area contributed by atoms with Gasteiger partial charge in [-0.05, 0) is 57.3 Å². The molecule has 0 radical (unpaired) electrons. The summed E-state index contributed by atoms with van der Waals surface area (Å²) < 4.78 is 11.0. The summed E-state index contributed by atoms with van der Waals surface area (Å²) >= 11 is 0. The van der Waals surface area contributed by atoms with E-state index in [-0.39, 0.29) is 5.91 Å². The lowest BCUT2D eigenvalue weighted by Gasteiger charge is -2.30. The molecule has 0 unspecified atom stereocenters. The first-order valence-electron chi connectivity index (χ1n) is 10.9. The molecule has 1 aliphatic rings. The minimum atomic E-state index is -0.270. The molecule has 0 spiro atoms. The second-order valence-corrected chi connectivity index (χ2v) is 8.12. The van der Waals surface area contributed by atoms with Crippen molar-refractivity contribution in [3.05, 3.63) is 49.1 Å². The topological polar surface area (TPSA) is 88.6 Å². The fraction of sp³-hybridized carbons (Fsp3) is 0.320. The van der Waals surface area contributed by atoms with E-state index in [4.69, 9.17) is 19.4 Å². The number of piperidine rings is 1. The molecule has 1 amide bonds. The molecule has 0 atom stereocenters. The molecule has 33 heavy (non-hydrogen) atoms. The number of benzene rings is 2. The lowest BCUT2D eigenvalue weighted by Crippen LogP contribution is -2.37. The Kier molecular flexibility index (Phi) is 6.74. The van der Waals surface area contributed by atoms with Gasteiger partial charge in [-0.1, -0.05) is 18.7 Å². The van der Waals surface area contributed by atoms with Crippen molar-refractivity contribution in [2.45, 2.75) is 18.9 Å². The quantitative estimate of drug-likeness (QED) is 0.530. The van der Waals surface area contributed by atoms with E-state index in [0.717, 1.165) is 48.2 Å². The van der Waals surface area contributed by atoms with Crippen LogP contribution in [0.15, 0.2) is 49.1 Å². The van der Waals surface area contributed by atoms with Gasteiger partial charge in [-0.25, -0.2) is 9.97 Å². The lowest BCUT2D eigenvalue weighted by atomic mass is 10.1. The molecule has 3 aromatic rings. The highest BCUT2D eigenvalue weighted by Crippen LogP contribution is 2.36. The number of nitrogens with zero attached hydrogens (tertiary/aromatic N) is 3. The van der Waals surface area contributed by atoms with Crippen molar-refractivity contribution in [2.24, 2.45) is 0 Å². The standard InChI is InChI=1S/C25H29N5O3/c1-5-23(31)26-18-8-6-7-16(13-18)24-28-20-15-22(33-4)21(32-3)14-19(20)25(29-24)27-17-9-11-30(2)12-10-17/h5-8,13-15,17H,1,9-12H2,2-4H3,(H,26,31)(H,27,28,29). The van der Waals surface area contributed by atoms with E-state index < -0.39 is 0 Å². The van der Waals surface area contributed by atoms with Gasteiger partial charge in [0.1, 0.15) is 5.82 Å². The maximum atomic E-state index is 11.7. The van der Waals surface area contributed by atoms with Crippen LogP contribution in [0, 0.1) is 0 Å². The number of likely N-dealkylation sites (tertiary alicyclic amines) is 1. The van der Waals surface area contributed by atoms with Crippen molar-refractivity contribution < 1.29 is 14.3 Å². The summed E-state index contributed by atoms with van der Waals surface area (Å²) in [5.41, 5.74) is 2.19. The molecule has 2 aromatic carbocycles. The van der Waals surface area contributed by atoms with E-state index in [2.05, 4.69) is 29.2 Å². The molecule has 0 saturated carbocycles. The minimum Gasteiger partial charge on any atom is -0.493 e. The highest BCUT2D eigenvalue weighted by molar-refractivity contribution is 5.99. The number of nitrogens with one attached hydrogen (secondary N) is 2. The van der Waals surface area contributed by atoms with Gasteiger partial charge in [-0.2, -0.15) is 0 Å². The number of ether oxygens (including phenoxy) is 2. The van der Waals surface area contributed by atoms with Crippen molar-refractivity contribution in [3.8, 4) is 22.9 Å². The van der Waals surface area contributed by atoms with Crippen molar-refractivity contribution in [2.75, 3.05) is 45.0 Å². The lowest BCUT2D eigenvalue weighted by molar-refractivity contribution is -0.111. The van der Waals surface area contributed by atoms with Crippen LogP contribution in [0.5, 0.6) is 11.5 Å². The number of aromatic nitrogens is 2. The first kappa shape index (κ1) is 22.5. The molecule has 0 aliphatic carbocycles. The summed E-state index contributed by atoms with van der Waals surface area (Å²) in [7, 11) is 5.37. The van der Waals surface area contributed by atoms with Crippen LogP contribution in [-0.2, 0) is 4.79 Å². The van der Waals surface area contributed by atoms with E-state index in [9.17, 15) is 4.79 Å². The number of anilines is 2. The average Bonchev–Trinajstić information content (AvgIpc) is 2.84. The van der Waals surface area contributed by atoms with Crippen molar-refractivity contribution in [3.63, 3.8) is 0 Å². The van der Waals surface area contributed by atoms with E-state index in [0.29, 0.717) is 29.1 Å². The molecule has 8 nitrogen and oxygen atoms in total. The highest BCUT2D eigenvalue weighted by atomic mass is 16.5. The summed E-state index contributed by atoms with van der Waals surface area (Å²) in [6, 6.07) is 11.5. The second kappa shape index (κ2) is 9.87. The number of amides is 1. The molecule has 2 heterocycles. The Balaban J connectivity index is 1.79. The SMILES string of the molecule is C=CC(=O)Nc1cccc(-c2nc(NC3CCN(C)CC3)c3cc(OC)c(OC)cc3n2)c1. The van der Waals surface area contributed by atoms with Crippen LogP contribution >= 0.6 is 0 Å². The highest BCUT2D eigenvalue weighted by Gasteiger charge is 2.20. The molecule has 1 aliphatic heterocycles. The molecule has 1 aromatic heterocycles. The molecule has 1 fully saturated rings. The molecule has 1 saturated heterocycles. The smallest absolute Gasteiger partial charge is 0.247 e. The number of carbonyl (C=O) groups is 1. The molecule has 172 valence electrons. The monoisotopic (exact) mass is 447 g/mol. The Morgan fingerprint density at radius 2 is 1.85 bits per heavy atom. The predicted molar refractivity (Wildman–Crippen MR) is 131 cm³/mol. The number of carbonyl (C=O) groups excluding carboxylic acids is 1. The van der Waals surface area contributed by atoms with Crippen molar-refractivity contribution >= 4 is 28.3 Å². The van der Waals surface area contributed by atoms with Crippen molar-refractivity contribution in [1.29, 1.82) is 0 Å². The molecule has 0 bridgehead atoms. The number of fused-ring (bicyclic) bond motifs is 1. The number of methoxy groups -OCH3 is 2. The first-order chi connectivity index (χ1) is 16.0. The third-order valence-corrected chi connectivity index (χ3v) is 5.83. The van der Waals surface area contributed by atoms with E-state index in [1.807, 2.05) is 36.4 Å². The normalized spacial score (nSPS) is 14.6. The Labute approximate surface area is 193 Å². The predicted octanol–water partition coefficient (Wildman–Crippen LogP) is 3.94. The number of rotatable bonds is 7. The van der Waals surface area contributed by atoms with Crippen LogP contribution in [0.25, 0.3) is 22.3 Å². The fourth-order valence-electron chi connectivity index (χ4n) is 3.97. The zero-order chi connectivity index (χ0) is 23.4. The summed E-state index contributed by atoms with van der Waals surface area (Å²) in [5.74, 6) is 2.27. The zero-order valence-electron chi connectivity index (χ0n) is 19.2. The molecule has 2 N–H and O–H groups in total. The van der Waals surface area contributed by atoms with E-state index >= 15 is 0 Å². The van der Waals surface area contributed by atoms with E-state index in [1.54, 1.807) is 14.2 Å². The van der Waals surface area contributed by atoms with Crippen molar-refractivity contribution in [1.82, 2.24) is 14.9 Å². The van der Waals surface area contributed by atoms with Gasteiger partial charge in [0, 0.05) is 28.7 Å². The van der Waals surface area contributed by atoms with Gasteiger partial charge >= 0.3 is 0 Å². The Hall–Kier alpha value is -3.65. The van der Waals surface area contributed by atoms with Gasteiger partial charge < -0.3 is 25.0 Å². The maximum Gasteiger partial charge on any atom is 0.247 e. The summed E-state index contributed by atoms with van der Waals surface area (Å²) in [6.45, 7) is 5.58. The summed E-state index contributed by atoms with van der Waals surface area (Å²) in [5, 5.41) is 7.30. The van der Waals surface area contributed by atoms with Gasteiger partial charge in [-0.3, -0.25) is 4.79 Å². The summed E-state index contributed by atoms with van der Waals surface area (Å²) in [6.07, 6.45) is 3.31. The van der Waals surface area contributed by atoms with Gasteiger partial charge in [0.05, 0.1) is 19.7 Å². The van der Waals surface area contributed by atoms with E-state index in [1.165, 1.54) is 6.08 Å². The average molecular weight is 448 g/mol. The van der Waals surface area contributed by atoms with Gasteiger partial charge in [-0.15, -0.1) is 0 Å². The van der Waals surface area contributed by atoms with Gasteiger partial charge in [0.25, 0.3) is 0 Å². The van der Waals surface area contributed by atoms with Crippen LogP contribution in [-0.4, -0.2) is 61.2 Å². The van der Waals surface area contributed by atoms with Gasteiger partial charge in [0.2, 0.25) is 5.91 Å². The minimum absolute atomic E-state index is 0.270. The van der Waals surface area contributed by atoms with Crippen LogP contribution < -0.4 is 20.1 Å². The first-order valence-corrected chi connectivity index (χ1v) is 10.9. The zero-order valence-corrected chi connectivity index (χ0v) is 19.2. The third kappa shape index (κ3) is 5.06.